The van der Waals surface area contributed by atoms with E-state index in [1.807, 2.05) is 13.0 Å². The second-order valence-corrected chi connectivity index (χ2v) is 4.09. The third-order valence-corrected chi connectivity index (χ3v) is 2.60. The fourth-order valence-electron chi connectivity index (χ4n) is 1.66. The Balaban J connectivity index is 2.40. The molecule has 2 nitrogen and oxygen atoms in total. The molecular weight excluding hydrogens is 223 g/mol. The molecule has 0 aliphatic rings. The molecule has 0 radical (unpaired) electrons. The van der Waals surface area contributed by atoms with Gasteiger partial charge < -0.3 is 4.98 Å². The van der Waals surface area contributed by atoms with Crippen molar-refractivity contribution in [1.29, 1.82) is 0 Å². The molecule has 0 aliphatic heterocycles. The SMILES string of the molecule is Cc1[nH]c(CCS)nc1-c1cccc(F)c1. The molecule has 1 aromatic heterocycles. The summed E-state index contributed by atoms with van der Waals surface area (Å²) in [5, 5.41) is 0. The summed E-state index contributed by atoms with van der Waals surface area (Å²) in [6.45, 7) is 1.94. The van der Waals surface area contributed by atoms with Crippen LogP contribution in [0, 0.1) is 12.7 Å². The van der Waals surface area contributed by atoms with Crippen LogP contribution in [0.1, 0.15) is 11.5 Å². The number of halogens is 1. The molecule has 2 rings (SSSR count). The highest BCUT2D eigenvalue weighted by atomic mass is 32.1. The van der Waals surface area contributed by atoms with E-state index >= 15 is 0 Å². The number of rotatable bonds is 3. The molecule has 1 heterocycles. The van der Waals surface area contributed by atoms with Crippen molar-refractivity contribution in [1.82, 2.24) is 9.97 Å². The van der Waals surface area contributed by atoms with Gasteiger partial charge in [-0.3, -0.25) is 0 Å². The fraction of sp³-hybridized carbons (Fsp3) is 0.250. The molecule has 0 aliphatic carbocycles. The molecule has 84 valence electrons. The Bertz CT molecular complexity index is 494. The van der Waals surface area contributed by atoms with Crippen LogP contribution in [0.5, 0.6) is 0 Å². The first-order chi connectivity index (χ1) is 7.70. The van der Waals surface area contributed by atoms with Gasteiger partial charge in [0.1, 0.15) is 11.6 Å². The number of aromatic nitrogens is 2. The molecule has 0 bridgehead atoms. The summed E-state index contributed by atoms with van der Waals surface area (Å²) >= 11 is 4.16. The minimum atomic E-state index is -0.240. The van der Waals surface area contributed by atoms with Crippen LogP contribution in [-0.4, -0.2) is 15.7 Å². The number of hydrogen-bond donors (Lipinski definition) is 2. The van der Waals surface area contributed by atoms with Gasteiger partial charge in [0.05, 0.1) is 5.69 Å². The maximum Gasteiger partial charge on any atom is 0.123 e. The van der Waals surface area contributed by atoms with E-state index in [2.05, 4.69) is 22.6 Å². The van der Waals surface area contributed by atoms with Gasteiger partial charge >= 0.3 is 0 Å². The zero-order valence-electron chi connectivity index (χ0n) is 9.00. The normalized spacial score (nSPS) is 10.7. The van der Waals surface area contributed by atoms with Gasteiger partial charge in [0.15, 0.2) is 0 Å². The van der Waals surface area contributed by atoms with Crippen molar-refractivity contribution in [2.75, 3.05) is 5.75 Å². The predicted molar refractivity (Wildman–Crippen MR) is 66.3 cm³/mol. The Morgan fingerprint density at radius 1 is 1.44 bits per heavy atom. The molecule has 2 aromatic rings. The van der Waals surface area contributed by atoms with E-state index in [0.717, 1.165) is 34.9 Å². The van der Waals surface area contributed by atoms with Gasteiger partial charge in [0, 0.05) is 17.7 Å². The molecule has 0 saturated heterocycles. The monoisotopic (exact) mass is 236 g/mol. The van der Waals surface area contributed by atoms with Crippen LogP contribution in [0.2, 0.25) is 0 Å². The zero-order chi connectivity index (χ0) is 11.5. The van der Waals surface area contributed by atoms with Gasteiger partial charge in [-0.2, -0.15) is 12.6 Å². The summed E-state index contributed by atoms with van der Waals surface area (Å²) in [4.78, 5) is 7.62. The highest BCUT2D eigenvalue weighted by Crippen LogP contribution is 2.21. The number of imidazole rings is 1. The summed E-state index contributed by atoms with van der Waals surface area (Å²) in [5.41, 5.74) is 2.58. The Labute approximate surface area is 99.3 Å². The Morgan fingerprint density at radius 3 is 2.94 bits per heavy atom. The van der Waals surface area contributed by atoms with E-state index in [0.29, 0.717) is 0 Å². The minimum absolute atomic E-state index is 0.240. The molecule has 0 unspecified atom stereocenters. The van der Waals surface area contributed by atoms with Gasteiger partial charge in [0.25, 0.3) is 0 Å². The number of aryl methyl sites for hydroxylation is 2. The fourth-order valence-corrected chi connectivity index (χ4v) is 1.88. The van der Waals surface area contributed by atoms with Crippen molar-refractivity contribution in [2.24, 2.45) is 0 Å². The molecule has 0 fully saturated rings. The molecule has 16 heavy (non-hydrogen) atoms. The van der Waals surface area contributed by atoms with Gasteiger partial charge in [0.2, 0.25) is 0 Å². The minimum Gasteiger partial charge on any atom is -0.346 e. The summed E-state index contributed by atoms with van der Waals surface area (Å²) in [7, 11) is 0. The average Bonchev–Trinajstić information content (AvgIpc) is 2.60. The molecular formula is C12H13FN2S. The summed E-state index contributed by atoms with van der Waals surface area (Å²) in [5.74, 6) is 1.40. The van der Waals surface area contributed by atoms with Crippen LogP contribution in [0.15, 0.2) is 24.3 Å². The van der Waals surface area contributed by atoms with Crippen molar-refractivity contribution in [3.8, 4) is 11.3 Å². The zero-order valence-corrected chi connectivity index (χ0v) is 9.89. The van der Waals surface area contributed by atoms with E-state index in [1.54, 1.807) is 6.07 Å². The predicted octanol–water partition coefficient (Wildman–Crippen LogP) is 3.00. The maximum absolute atomic E-state index is 13.1. The highest BCUT2D eigenvalue weighted by molar-refractivity contribution is 7.80. The lowest BCUT2D eigenvalue weighted by molar-refractivity contribution is 0.628. The van der Waals surface area contributed by atoms with E-state index in [-0.39, 0.29) is 5.82 Å². The van der Waals surface area contributed by atoms with E-state index in [9.17, 15) is 4.39 Å². The lowest BCUT2D eigenvalue weighted by Gasteiger charge is -1.97. The van der Waals surface area contributed by atoms with Crippen LogP contribution in [0.25, 0.3) is 11.3 Å². The lowest BCUT2D eigenvalue weighted by atomic mass is 10.1. The summed E-state index contributed by atoms with van der Waals surface area (Å²) in [6.07, 6.45) is 0.791. The van der Waals surface area contributed by atoms with E-state index < -0.39 is 0 Å². The molecule has 0 amide bonds. The number of hydrogen-bond acceptors (Lipinski definition) is 2. The number of benzene rings is 1. The summed E-state index contributed by atoms with van der Waals surface area (Å²) < 4.78 is 13.1. The standard InChI is InChI=1S/C12H13FN2S/c1-8-12(15-11(14-8)5-6-16)9-3-2-4-10(13)7-9/h2-4,7,16H,5-6H2,1H3,(H,14,15). The first kappa shape index (κ1) is 11.2. The van der Waals surface area contributed by atoms with Crippen molar-refractivity contribution in [2.45, 2.75) is 13.3 Å². The van der Waals surface area contributed by atoms with Gasteiger partial charge in [-0.1, -0.05) is 12.1 Å². The van der Waals surface area contributed by atoms with Crippen molar-refractivity contribution in [3.05, 3.63) is 41.6 Å². The van der Waals surface area contributed by atoms with Crippen LogP contribution < -0.4 is 0 Å². The number of thiol groups is 1. The van der Waals surface area contributed by atoms with Crippen LogP contribution >= 0.6 is 12.6 Å². The Kier molecular flexibility index (Phi) is 3.29. The first-order valence-corrected chi connectivity index (χ1v) is 5.76. The second-order valence-electron chi connectivity index (χ2n) is 3.64. The van der Waals surface area contributed by atoms with Crippen LogP contribution in [-0.2, 0) is 6.42 Å². The summed E-state index contributed by atoms with van der Waals surface area (Å²) in [6, 6.07) is 6.47. The number of nitrogens with zero attached hydrogens (tertiary/aromatic N) is 1. The number of aromatic amines is 1. The van der Waals surface area contributed by atoms with Gasteiger partial charge in [-0.05, 0) is 24.8 Å². The first-order valence-electron chi connectivity index (χ1n) is 5.13. The van der Waals surface area contributed by atoms with E-state index in [1.165, 1.54) is 12.1 Å². The Hall–Kier alpha value is -1.29. The molecule has 0 spiro atoms. The smallest absolute Gasteiger partial charge is 0.123 e. The third kappa shape index (κ3) is 2.27. The largest absolute Gasteiger partial charge is 0.346 e. The van der Waals surface area contributed by atoms with Gasteiger partial charge in [-0.15, -0.1) is 0 Å². The molecule has 0 atom stereocenters. The van der Waals surface area contributed by atoms with E-state index in [4.69, 9.17) is 0 Å². The second kappa shape index (κ2) is 4.70. The number of nitrogens with one attached hydrogen (secondary N) is 1. The van der Waals surface area contributed by atoms with Crippen LogP contribution in [0.4, 0.5) is 4.39 Å². The van der Waals surface area contributed by atoms with Gasteiger partial charge in [-0.25, -0.2) is 9.37 Å². The topological polar surface area (TPSA) is 28.7 Å². The maximum atomic E-state index is 13.1. The quantitative estimate of drug-likeness (QED) is 0.788. The molecule has 1 aromatic carbocycles. The molecule has 0 saturated carbocycles. The lowest BCUT2D eigenvalue weighted by Crippen LogP contribution is -1.88. The van der Waals surface area contributed by atoms with Crippen molar-refractivity contribution in [3.63, 3.8) is 0 Å². The van der Waals surface area contributed by atoms with Crippen LogP contribution in [0.3, 0.4) is 0 Å². The highest BCUT2D eigenvalue weighted by Gasteiger charge is 2.08. The number of H-pyrrole nitrogens is 1. The Morgan fingerprint density at radius 2 is 2.25 bits per heavy atom. The third-order valence-electron chi connectivity index (χ3n) is 2.38. The van der Waals surface area contributed by atoms with Crippen molar-refractivity contribution >= 4 is 12.6 Å². The molecule has 1 N–H and O–H groups in total. The molecule has 4 heteroatoms. The van der Waals surface area contributed by atoms with Crippen molar-refractivity contribution < 1.29 is 4.39 Å². The average molecular weight is 236 g/mol.